The number of hydroxylamine groups is 1. The van der Waals surface area contributed by atoms with Gasteiger partial charge in [-0.15, -0.1) is 0 Å². The predicted octanol–water partition coefficient (Wildman–Crippen LogP) is 2.08. The molecule has 2 aromatic rings. The number of H-pyrrole nitrogens is 1. The van der Waals surface area contributed by atoms with Crippen LogP contribution in [0.15, 0.2) is 16.3 Å². The first-order valence-electron chi connectivity index (χ1n) is 8.25. The second-order valence-electron chi connectivity index (χ2n) is 6.27. The Morgan fingerprint density at radius 1 is 1.46 bits per heavy atom. The number of aromatic nitrogens is 4. The average Bonchev–Trinajstić information content (AvgIpc) is 3.15. The number of nitrogens with one attached hydrogen (secondary N) is 1. The lowest BCUT2D eigenvalue weighted by Gasteiger charge is -2.16. The molecule has 2 aromatic heterocycles. The zero-order valence-corrected chi connectivity index (χ0v) is 14.7. The first-order valence-corrected chi connectivity index (χ1v) is 9.24. The highest BCUT2D eigenvalue weighted by molar-refractivity contribution is 7.98. The van der Waals surface area contributed by atoms with Gasteiger partial charge in [-0.1, -0.05) is 11.8 Å². The third-order valence-electron chi connectivity index (χ3n) is 4.65. The van der Waals surface area contributed by atoms with Gasteiger partial charge in [-0.2, -0.15) is 0 Å². The molecule has 128 valence electrons. The molecule has 0 aliphatic heterocycles. The number of imidazole rings is 1. The van der Waals surface area contributed by atoms with Gasteiger partial charge >= 0.3 is 0 Å². The standard InChI is InChI=1S/C16H21N5O2S/c1-20(23-2)14-13(21(9-17-14)10-6-7-10)8-24-16-18-12-5-3-4-11(12)15(22)19-16/h9-10H,3-8H2,1-2H3,(H,18,19,22). The van der Waals surface area contributed by atoms with Crippen LogP contribution in [0.2, 0.25) is 0 Å². The molecule has 1 saturated carbocycles. The second-order valence-corrected chi connectivity index (χ2v) is 7.24. The Bertz CT molecular complexity index is 811. The van der Waals surface area contributed by atoms with E-state index >= 15 is 0 Å². The van der Waals surface area contributed by atoms with Gasteiger partial charge in [-0.3, -0.25) is 9.63 Å². The van der Waals surface area contributed by atoms with E-state index in [1.165, 1.54) is 12.8 Å². The molecule has 0 bridgehead atoms. The molecule has 24 heavy (non-hydrogen) atoms. The van der Waals surface area contributed by atoms with Crippen LogP contribution < -0.4 is 10.6 Å². The van der Waals surface area contributed by atoms with Gasteiger partial charge in [0.2, 0.25) is 0 Å². The van der Waals surface area contributed by atoms with Crippen LogP contribution in [0.3, 0.4) is 0 Å². The van der Waals surface area contributed by atoms with Crippen LogP contribution in [0.5, 0.6) is 0 Å². The molecule has 4 rings (SSSR count). The van der Waals surface area contributed by atoms with Crippen molar-refractivity contribution in [2.75, 3.05) is 19.2 Å². The maximum atomic E-state index is 12.1. The van der Waals surface area contributed by atoms with Crippen molar-refractivity contribution in [3.8, 4) is 0 Å². The number of rotatable bonds is 6. The van der Waals surface area contributed by atoms with Crippen molar-refractivity contribution >= 4 is 17.6 Å². The fraction of sp³-hybridized carbons (Fsp3) is 0.562. The SMILES string of the molecule is CON(C)c1ncn(C2CC2)c1CSc1nc2c(c(=O)[nH]1)CCC2. The Morgan fingerprint density at radius 3 is 3.04 bits per heavy atom. The summed E-state index contributed by atoms with van der Waals surface area (Å²) in [6.07, 6.45) is 7.05. The van der Waals surface area contributed by atoms with Gasteiger partial charge in [0.25, 0.3) is 5.56 Å². The molecule has 2 aliphatic rings. The minimum Gasteiger partial charge on any atom is -0.329 e. The zero-order valence-electron chi connectivity index (χ0n) is 13.9. The van der Waals surface area contributed by atoms with Crippen LogP contribution >= 0.6 is 11.8 Å². The Morgan fingerprint density at radius 2 is 2.29 bits per heavy atom. The number of aromatic amines is 1. The molecule has 0 amide bonds. The quantitative estimate of drug-likeness (QED) is 0.490. The van der Waals surface area contributed by atoms with Crippen LogP contribution in [0.4, 0.5) is 5.82 Å². The monoisotopic (exact) mass is 347 g/mol. The average molecular weight is 347 g/mol. The molecule has 2 heterocycles. The first-order chi connectivity index (χ1) is 11.7. The van der Waals surface area contributed by atoms with E-state index in [2.05, 4.69) is 19.5 Å². The van der Waals surface area contributed by atoms with Crippen LogP contribution in [-0.4, -0.2) is 33.7 Å². The molecule has 0 spiro atoms. The van der Waals surface area contributed by atoms with Crippen molar-refractivity contribution in [2.24, 2.45) is 0 Å². The molecule has 7 nitrogen and oxygen atoms in total. The lowest BCUT2D eigenvalue weighted by atomic mass is 10.3. The van der Waals surface area contributed by atoms with Gasteiger partial charge in [0, 0.05) is 24.4 Å². The molecule has 0 aromatic carbocycles. The van der Waals surface area contributed by atoms with E-state index in [-0.39, 0.29) is 5.56 Å². The number of anilines is 1. The number of fused-ring (bicyclic) bond motifs is 1. The molecule has 0 atom stereocenters. The molecule has 0 unspecified atom stereocenters. The second kappa shape index (κ2) is 6.25. The van der Waals surface area contributed by atoms with E-state index < -0.39 is 0 Å². The minimum absolute atomic E-state index is 0.0185. The lowest BCUT2D eigenvalue weighted by molar-refractivity contribution is 0.182. The van der Waals surface area contributed by atoms with Crippen molar-refractivity contribution < 1.29 is 4.84 Å². The maximum absolute atomic E-state index is 12.1. The number of aryl methyl sites for hydroxylation is 1. The molecule has 2 aliphatic carbocycles. The van der Waals surface area contributed by atoms with Gasteiger partial charge in [-0.05, 0) is 32.1 Å². The third-order valence-corrected chi connectivity index (χ3v) is 5.54. The number of nitrogens with zero attached hydrogens (tertiary/aromatic N) is 4. The van der Waals surface area contributed by atoms with Crippen LogP contribution in [0.25, 0.3) is 0 Å². The molecule has 1 N–H and O–H groups in total. The third kappa shape index (κ3) is 2.84. The van der Waals surface area contributed by atoms with E-state index in [0.717, 1.165) is 42.0 Å². The summed E-state index contributed by atoms with van der Waals surface area (Å²) in [6.45, 7) is 0. The molecule has 8 heteroatoms. The lowest BCUT2D eigenvalue weighted by Crippen LogP contribution is -2.17. The summed E-state index contributed by atoms with van der Waals surface area (Å²) >= 11 is 1.55. The summed E-state index contributed by atoms with van der Waals surface area (Å²) in [5.74, 6) is 1.52. The van der Waals surface area contributed by atoms with E-state index in [0.29, 0.717) is 17.0 Å². The van der Waals surface area contributed by atoms with E-state index in [1.807, 2.05) is 13.4 Å². The van der Waals surface area contributed by atoms with Crippen molar-refractivity contribution in [1.29, 1.82) is 0 Å². The normalized spacial score (nSPS) is 16.4. The summed E-state index contributed by atoms with van der Waals surface area (Å²) in [7, 11) is 3.48. The molecule has 0 radical (unpaired) electrons. The van der Waals surface area contributed by atoms with Crippen molar-refractivity contribution in [2.45, 2.75) is 49.1 Å². The van der Waals surface area contributed by atoms with E-state index in [4.69, 9.17) is 4.84 Å². The largest absolute Gasteiger partial charge is 0.329 e. The zero-order chi connectivity index (χ0) is 16.7. The number of hydrogen-bond acceptors (Lipinski definition) is 6. The Labute approximate surface area is 144 Å². The molecular weight excluding hydrogens is 326 g/mol. The van der Waals surface area contributed by atoms with Gasteiger partial charge in [-0.25, -0.2) is 15.0 Å². The van der Waals surface area contributed by atoms with Crippen molar-refractivity contribution in [3.63, 3.8) is 0 Å². The topological polar surface area (TPSA) is 76.0 Å². The van der Waals surface area contributed by atoms with Crippen molar-refractivity contribution in [3.05, 3.63) is 33.6 Å². The molecular formula is C16H21N5O2S. The van der Waals surface area contributed by atoms with E-state index in [1.54, 1.807) is 23.9 Å². The van der Waals surface area contributed by atoms with Gasteiger partial charge in [0.1, 0.15) is 0 Å². The van der Waals surface area contributed by atoms with Gasteiger partial charge < -0.3 is 9.55 Å². The summed E-state index contributed by atoms with van der Waals surface area (Å²) in [6, 6.07) is 0.541. The summed E-state index contributed by atoms with van der Waals surface area (Å²) in [4.78, 5) is 29.5. The van der Waals surface area contributed by atoms with Gasteiger partial charge in [0.15, 0.2) is 11.0 Å². The minimum atomic E-state index is 0.0185. The van der Waals surface area contributed by atoms with Crippen LogP contribution in [-0.2, 0) is 23.4 Å². The van der Waals surface area contributed by atoms with Crippen LogP contribution in [0.1, 0.15) is 42.3 Å². The van der Waals surface area contributed by atoms with E-state index in [9.17, 15) is 4.79 Å². The van der Waals surface area contributed by atoms with Crippen LogP contribution in [0, 0.1) is 0 Å². The first kappa shape index (κ1) is 15.7. The highest BCUT2D eigenvalue weighted by Crippen LogP contribution is 2.39. The van der Waals surface area contributed by atoms with Gasteiger partial charge in [0.05, 0.1) is 24.8 Å². The summed E-state index contributed by atoms with van der Waals surface area (Å²) < 4.78 is 2.23. The Kier molecular flexibility index (Phi) is 4.09. The molecule has 1 fully saturated rings. The molecule has 0 saturated heterocycles. The number of hydrogen-bond donors (Lipinski definition) is 1. The highest BCUT2D eigenvalue weighted by atomic mass is 32.2. The fourth-order valence-electron chi connectivity index (χ4n) is 3.16. The smallest absolute Gasteiger partial charge is 0.254 e. The number of thioether (sulfide) groups is 1. The Hall–Kier alpha value is -1.80. The van der Waals surface area contributed by atoms with Crippen molar-refractivity contribution in [1.82, 2.24) is 19.5 Å². The summed E-state index contributed by atoms with van der Waals surface area (Å²) in [5, 5.41) is 2.36. The highest BCUT2D eigenvalue weighted by Gasteiger charge is 2.28. The Balaban J connectivity index is 1.58. The fourth-order valence-corrected chi connectivity index (χ4v) is 4.05. The maximum Gasteiger partial charge on any atom is 0.254 e. The summed E-state index contributed by atoms with van der Waals surface area (Å²) in [5.41, 5.74) is 2.95. The predicted molar refractivity (Wildman–Crippen MR) is 92.4 cm³/mol.